The Labute approximate surface area is 118 Å². The van der Waals surface area contributed by atoms with Crippen molar-refractivity contribution in [3.63, 3.8) is 0 Å². The Balaban J connectivity index is 2.41. The molecule has 1 saturated heterocycles. The number of hydrogen-bond donors (Lipinski definition) is 0. The lowest BCUT2D eigenvalue weighted by Crippen LogP contribution is -2.47. The van der Waals surface area contributed by atoms with E-state index in [4.69, 9.17) is 16.9 Å². The van der Waals surface area contributed by atoms with E-state index in [0.717, 1.165) is 0 Å². The molecule has 7 heteroatoms. The van der Waals surface area contributed by atoms with Gasteiger partial charge in [-0.05, 0) is 19.2 Å². The Kier molecular flexibility index (Phi) is 4.11. The molecular weight excluding hydrogens is 286 g/mol. The van der Waals surface area contributed by atoms with Gasteiger partial charge in [-0.2, -0.15) is 9.57 Å². The molecule has 0 bridgehead atoms. The van der Waals surface area contributed by atoms with Crippen LogP contribution in [0.2, 0.25) is 5.02 Å². The van der Waals surface area contributed by atoms with Gasteiger partial charge in [0.15, 0.2) is 0 Å². The van der Waals surface area contributed by atoms with Crippen molar-refractivity contribution in [3.05, 3.63) is 28.8 Å². The normalized spacial score (nSPS) is 18.2. The van der Waals surface area contributed by atoms with Gasteiger partial charge in [-0.1, -0.05) is 17.7 Å². The van der Waals surface area contributed by atoms with Crippen LogP contribution in [0.1, 0.15) is 5.56 Å². The van der Waals surface area contributed by atoms with Crippen LogP contribution in [0.5, 0.6) is 0 Å². The number of likely N-dealkylation sites (N-methyl/N-ethyl adjacent to an activating group) is 1. The van der Waals surface area contributed by atoms with Gasteiger partial charge in [0.25, 0.3) is 0 Å². The largest absolute Gasteiger partial charge is 0.304 e. The van der Waals surface area contributed by atoms with Crippen LogP contribution in [-0.4, -0.2) is 50.8 Å². The minimum absolute atomic E-state index is 0.00736. The van der Waals surface area contributed by atoms with Crippen LogP contribution in [0.3, 0.4) is 0 Å². The Morgan fingerprint density at radius 2 is 1.89 bits per heavy atom. The van der Waals surface area contributed by atoms with Crippen LogP contribution in [0, 0.1) is 11.3 Å². The molecule has 102 valence electrons. The lowest BCUT2D eigenvalue weighted by molar-refractivity contribution is 0.222. The summed E-state index contributed by atoms with van der Waals surface area (Å²) in [6.45, 7) is 2.22. The molecule has 1 aromatic rings. The van der Waals surface area contributed by atoms with E-state index in [1.807, 2.05) is 13.1 Å². The van der Waals surface area contributed by atoms with Crippen LogP contribution in [0.15, 0.2) is 23.1 Å². The molecule has 1 aromatic carbocycles. The van der Waals surface area contributed by atoms with Gasteiger partial charge in [-0.3, -0.25) is 0 Å². The monoisotopic (exact) mass is 299 g/mol. The number of nitrogens with zero attached hydrogens (tertiary/aromatic N) is 3. The van der Waals surface area contributed by atoms with Crippen molar-refractivity contribution >= 4 is 21.6 Å². The molecule has 0 aliphatic carbocycles. The number of benzene rings is 1. The molecule has 2 rings (SSSR count). The summed E-state index contributed by atoms with van der Waals surface area (Å²) in [7, 11) is -1.70. The van der Waals surface area contributed by atoms with E-state index in [9.17, 15) is 8.42 Å². The number of piperazine rings is 1. The summed E-state index contributed by atoms with van der Waals surface area (Å²) in [6.07, 6.45) is 0. The SMILES string of the molecule is CN1CCN(S(=O)(=O)c2cccc(Cl)c2C#N)CC1. The highest BCUT2D eigenvalue weighted by molar-refractivity contribution is 7.89. The molecular formula is C12H14ClN3O2S. The zero-order valence-corrected chi connectivity index (χ0v) is 12.1. The van der Waals surface area contributed by atoms with Crippen LogP contribution < -0.4 is 0 Å². The number of rotatable bonds is 2. The lowest BCUT2D eigenvalue weighted by Gasteiger charge is -2.31. The van der Waals surface area contributed by atoms with Gasteiger partial charge in [0.05, 0.1) is 10.6 Å². The zero-order valence-electron chi connectivity index (χ0n) is 10.5. The van der Waals surface area contributed by atoms with Gasteiger partial charge in [-0.25, -0.2) is 8.42 Å². The fourth-order valence-corrected chi connectivity index (χ4v) is 3.85. The van der Waals surface area contributed by atoms with Crippen molar-refractivity contribution in [3.8, 4) is 6.07 Å². The number of halogens is 1. The smallest absolute Gasteiger partial charge is 0.244 e. The fraction of sp³-hybridized carbons (Fsp3) is 0.417. The van der Waals surface area contributed by atoms with Crippen LogP contribution in [0.25, 0.3) is 0 Å². The maximum atomic E-state index is 12.5. The highest BCUT2D eigenvalue weighted by Gasteiger charge is 2.30. The third-order valence-corrected chi connectivity index (χ3v) is 5.42. The quantitative estimate of drug-likeness (QED) is 0.822. The molecule has 0 saturated carbocycles. The minimum atomic E-state index is -3.65. The first-order valence-corrected chi connectivity index (χ1v) is 7.66. The predicted molar refractivity (Wildman–Crippen MR) is 72.4 cm³/mol. The van der Waals surface area contributed by atoms with Crippen molar-refractivity contribution in [2.45, 2.75) is 4.90 Å². The maximum Gasteiger partial charge on any atom is 0.244 e. The Morgan fingerprint density at radius 3 is 2.47 bits per heavy atom. The number of hydrogen-bond acceptors (Lipinski definition) is 4. The minimum Gasteiger partial charge on any atom is -0.304 e. The molecule has 1 heterocycles. The van der Waals surface area contributed by atoms with E-state index >= 15 is 0 Å². The van der Waals surface area contributed by atoms with Gasteiger partial charge < -0.3 is 4.90 Å². The summed E-state index contributed by atoms with van der Waals surface area (Å²) in [5.41, 5.74) is 0.0168. The first kappa shape index (κ1) is 14.3. The highest BCUT2D eigenvalue weighted by Crippen LogP contribution is 2.26. The summed E-state index contributed by atoms with van der Waals surface area (Å²) in [5, 5.41) is 9.24. The van der Waals surface area contributed by atoms with E-state index in [0.29, 0.717) is 26.2 Å². The molecule has 1 aliphatic heterocycles. The molecule has 0 unspecified atom stereocenters. The predicted octanol–water partition coefficient (Wildman–Crippen LogP) is 1.15. The van der Waals surface area contributed by atoms with E-state index in [-0.39, 0.29) is 15.5 Å². The van der Waals surface area contributed by atoms with Gasteiger partial charge in [-0.15, -0.1) is 0 Å². The number of sulfonamides is 1. The fourth-order valence-electron chi connectivity index (χ4n) is 2.00. The van der Waals surface area contributed by atoms with Crippen LogP contribution in [0.4, 0.5) is 0 Å². The van der Waals surface area contributed by atoms with Crippen LogP contribution >= 0.6 is 11.6 Å². The molecule has 0 atom stereocenters. The molecule has 0 aromatic heterocycles. The molecule has 1 aliphatic rings. The van der Waals surface area contributed by atoms with Crippen molar-refractivity contribution in [2.75, 3.05) is 33.2 Å². The Hall–Kier alpha value is -1.13. The Morgan fingerprint density at radius 1 is 1.26 bits per heavy atom. The summed E-state index contributed by atoms with van der Waals surface area (Å²) >= 11 is 5.88. The van der Waals surface area contributed by atoms with Crippen molar-refractivity contribution in [2.24, 2.45) is 0 Å². The summed E-state index contributed by atoms with van der Waals surface area (Å²) in [5.74, 6) is 0. The summed E-state index contributed by atoms with van der Waals surface area (Å²) in [4.78, 5) is 2.06. The van der Waals surface area contributed by atoms with Gasteiger partial charge in [0, 0.05) is 26.2 Å². The van der Waals surface area contributed by atoms with Crippen LogP contribution in [-0.2, 0) is 10.0 Å². The number of nitriles is 1. The second kappa shape index (κ2) is 5.47. The molecule has 0 radical (unpaired) electrons. The molecule has 19 heavy (non-hydrogen) atoms. The van der Waals surface area contributed by atoms with Crippen molar-refractivity contribution in [1.29, 1.82) is 5.26 Å². The average molecular weight is 300 g/mol. The molecule has 1 fully saturated rings. The zero-order chi connectivity index (χ0) is 14.0. The van der Waals surface area contributed by atoms with Gasteiger partial charge in [0.1, 0.15) is 11.0 Å². The maximum absolute atomic E-state index is 12.5. The van der Waals surface area contributed by atoms with E-state index in [2.05, 4.69) is 4.90 Å². The van der Waals surface area contributed by atoms with Gasteiger partial charge in [0.2, 0.25) is 10.0 Å². The molecule has 5 nitrogen and oxygen atoms in total. The first-order valence-electron chi connectivity index (χ1n) is 5.84. The molecule has 0 amide bonds. The average Bonchev–Trinajstić information content (AvgIpc) is 2.39. The van der Waals surface area contributed by atoms with Crippen molar-refractivity contribution in [1.82, 2.24) is 9.21 Å². The lowest BCUT2D eigenvalue weighted by atomic mass is 10.2. The standard InChI is InChI=1S/C12H14ClN3O2S/c1-15-5-7-16(8-6-15)19(17,18)12-4-2-3-11(13)10(12)9-14/h2-4H,5-8H2,1H3. The molecule has 0 N–H and O–H groups in total. The topological polar surface area (TPSA) is 64.4 Å². The third kappa shape index (κ3) is 2.74. The van der Waals surface area contributed by atoms with Crippen molar-refractivity contribution < 1.29 is 8.42 Å². The third-order valence-electron chi connectivity index (χ3n) is 3.17. The second-order valence-electron chi connectivity index (χ2n) is 4.43. The summed E-state index contributed by atoms with van der Waals surface area (Å²) < 4.78 is 26.4. The van der Waals surface area contributed by atoms with Gasteiger partial charge >= 0.3 is 0 Å². The van der Waals surface area contributed by atoms with E-state index < -0.39 is 10.0 Å². The molecule has 0 spiro atoms. The highest BCUT2D eigenvalue weighted by atomic mass is 35.5. The first-order chi connectivity index (χ1) is 8.96. The Bertz CT molecular complexity index is 616. The van der Waals surface area contributed by atoms with E-state index in [1.165, 1.54) is 16.4 Å². The summed E-state index contributed by atoms with van der Waals surface area (Å²) in [6, 6.07) is 6.36. The van der Waals surface area contributed by atoms with E-state index in [1.54, 1.807) is 6.07 Å². The second-order valence-corrected chi connectivity index (χ2v) is 6.75.